The Morgan fingerprint density at radius 2 is 1.71 bits per heavy atom. The molecule has 0 N–H and O–H groups in total. The molecule has 96 valence electrons. The Morgan fingerprint density at radius 3 is 2.18 bits per heavy atom. The molecule has 5 nitrogen and oxygen atoms in total. The van der Waals surface area contributed by atoms with Gasteiger partial charge in [-0.05, 0) is 27.2 Å². The number of Topliss-reactive ketones (excluding diaryl/α,β-unsaturated/α-hetero) is 1. The maximum Gasteiger partial charge on any atom is 0.330 e. The van der Waals surface area contributed by atoms with Gasteiger partial charge in [0.2, 0.25) is 0 Å². The van der Waals surface area contributed by atoms with Crippen LogP contribution in [0.25, 0.3) is 0 Å². The van der Waals surface area contributed by atoms with Crippen molar-refractivity contribution in [2.75, 3.05) is 13.2 Å². The van der Waals surface area contributed by atoms with Crippen molar-refractivity contribution in [3.63, 3.8) is 0 Å². The third-order valence-electron chi connectivity index (χ3n) is 1.97. The standard InChI is InChI=1S/C12H18O5/c1-4-16-11(14)8-6-7-10(9(3)13)12(15)17-5-2/h6,8,10H,4-5,7H2,1-3H3/b8-6+. The van der Waals surface area contributed by atoms with E-state index in [-0.39, 0.29) is 25.4 Å². The molecule has 0 aromatic heterocycles. The summed E-state index contributed by atoms with van der Waals surface area (Å²) in [6, 6.07) is 0. The van der Waals surface area contributed by atoms with Crippen LogP contribution in [0.15, 0.2) is 12.2 Å². The summed E-state index contributed by atoms with van der Waals surface area (Å²) in [7, 11) is 0. The van der Waals surface area contributed by atoms with Crippen LogP contribution in [0.2, 0.25) is 0 Å². The van der Waals surface area contributed by atoms with Gasteiger partial charge in [0.05, 0.1) is 13.2 Å². The van der Waals surface area contributed by atoms with Crippen molar-refractivity contribution in [1.29, 1.82) is 0 Å². The molecule has 0 aliphatic rings. The molecule has 0 bridgehead atoms. The van der Waals surface area contributed by atoms with Crippen LogP contribution < -0.4 is 0 Å². The molecule has 1 unspecified atom stereocenters. The number of allylic oxidation sites excluding steroid dienone is 1. The minimum Gasteiger partial charge on any atom is -0.465 e. The zero-order valence-electron chi connectivity index (χ0n) is 10.4. The highest BCUT2D eigenvalue weighted by Crippen LogP contribution is 2.08. The molecule has 0 amide bonds. The first-order chi connectivity index (χ1) is 8.02. The quantitative estimate of drug-likeness (QED) is 0.382. The molecule has 0 aliphatic heterocycles. The lowest BCUT2D eigenvalue weighted by molar-refractivity contribution is -0.151. The summed E-state index contributed by atoms with van der Waals surface area (Å²) in [5.74, 6) is -2.18. The van der Waals surface area contributed by atoms with Gasteiger partial charge in [-0.1, -0.05) is 6.08 Å². The summed E-state index contributed by atoms with van der Waals surface area (Å²) in [5.41, 5.74) is 0. The average Bonchev–Trinajstić information content (AvgIpc) is 2.24. The van der Waals surface area contributed by atoms with Crippen LogP contribution >= 0.6 is 0 Å². The lowest BCUT2D eigenvalue weighted by atomic mass is 10.0. The summed E-state index contributed by atoms with van der Waals surface area (Å²) in [6.07, 6.45) is 2.80. The van der Waals surface area contributed by atoms with Gasteiger partial charge in [0.15, 0.2) is 0 Å². The number of hydrogen-bond donors (Lipinski definition) is 0. The number of ketones is 1. The van der Waals surface area contributed by atoms with E-state index in [0.29, 0.717) is 0 Å². The number of rotatable bonds is 7. The Morgan fingerprint density at radius 1 is 1.12 bits per heavy atom. The second-order valence-electron chi connectivity index (χ2n) is 3.31. The summed E-state index contributed by atoms with van der Waals surface area (Å²) in [5, 5.41) is 0. The first-order valence-electron chi connectivity index (χ1n) is 5.53. The number of ether oxygens (including phenoxy) is 2. The first kappa shape index (κ1) is 15.3. The van der Waals surface area contributed by atoms with Crippen LogP contribution in [0, 0.1) is 5.92 Å². The van der Waals surface area contributed by atoms with Crippen LogP contribution in [0.4, 0.5) is 0 Å². The van der Waals surface area contributed by atoms with Crippen molar-refractivity contribution in [2.24, 2.45) is 5.92 Å². The van der Waals surface area contributed by atoms with Gasteiger partial charge in [0.25, 0.3) is 0 Å². The van der Waals surface area contributed by atoms with E-state index >= 15 is 0 Å². The lowest BCUT2D eigenvalue weighted by Gasteiger charge is -2.09. The van der Waals surface area contributed by atoms with Crippen molar-refractivity contribution in [3.05, 3.63) is 12.2 Å². The van der Waals surface area contributed by atoms with E-state index < -0.39 is 17.9 Å². The monoisotopic (exact) mass is 242 g/mol. The topological polar surface area (TPSA) is 69.7 Å². The highest BCUT2D eigenvalue weighted by Gasteiger charge is 2.23. The molecule has 0 aromatic rings. The summed E-state index contributed by atoms with van der Waals surface area (Å²) in [6.45, 7) is 5.20. The van der Waals surface area contributed by atoms with E-state index in [1.54, 1.807) is 13.8 Å². The van der Waals surface area contributed by atoms with Crippen molar-refractivity contribution in [3.8, 4) is 0 Å². The molecule has 0 radical (unpaired) electrons. The molecule has 0 aromatic carbocycles. The zero-order valence-corrected chi connectivity index (χ0v) is 10.4. The van der Waals surface area contributed by atoms with E-state index in [1.807, 2.05) is 0 Å². The molecule has 0 heterocycles. The summed E-state index contributed by atoms with van der Waals surface area (Å²) >= 11 is 0. The Bertz CT molecular complexity index is 306. The molecule has 0 fully saturated rings. The van der Waals surface area contributed by atoms with Crippen molar-refractivity contribution in [2.45, 2.75) is 27.2 Å². The fourth-order valence-electron chi connectivity index (χ4n) is 1.16. The highest BCUT2D eigenvalue weighted by molar-refractivity contribution is 5.98. The smallest absolute Gasteiger partial charge is 0.330 e. The molecule has 5 heteroatoms. The maximum absolute atomic E-state index is 11.4. The van der Waals surface area contributed by atoms with Crippen LogP contribution in [0.3, 0.4) is 0 Å². The van der Waals surface area contributed by atoms with Crippen molar-refractivity contribution < 1.29 is 23.9 Å². The van der Waals surface area contributed by atoms with E-state index in [0.717, 1.165) is 0 Å². The Balaban J connectivity index is 4.32. The van der Waals surface area contributed by atoms with Gasteiger partial charge < -0.3 is 9.47 Å². The molecular formula is C12H18O5. The minimum atomic E-state index is -0.847. The number of carbonyl (C=O) groups is 3. The van der Waals surface area contributed by atoms with Gasteiger partial charge in [-0.25, -0.2) is 4.79 Å². The van der Waals surface area contributed by atoms with E-state index in [2.05, 4.69) is 4.74 Å². The van der Waals surface area contributed by atoms with Crippen LogP contribution in [-0.4, -0.2) is 30.9 Å². The molecule has 0 saturated heterocycles. The van der Waals surface area contributed by atoms with Crippen LogP contribution in [0.1, 0.15) is 27.2 Å². The first-order valence-corrected chi connectivity index (χ1v) is 5.53. The third kappa shape index (κ3) is 6.50. The van der Waals surface area contributed by atoms with Crippen molar-refractivity contribution in [1.82, 2.24) is 0 Å². The maximum atomic E-state index is 11.4. The lowest BCUT2D eigenvalue weighted by Crippen LogP contribution is -2.23. The largest absolute Gasteiger partial charge is 0.465 e. The van der Waals surface area contributed by atoms with Crippen molar-refractivity contribution >= 4 is 17.7 Å². The Hall–Kier alpha value is -1.65. The third-order valence-corrected chi connectivity index (χ3v) is 1.97. The number of carbonyl (C=O) groups excluding carboxylic acids is 3. The van der Waals surface area contributed by atoms with Crippen LogP contribution in [0.5, 0.6) is 0 Å². The van der Waals surface area contributed by atoms with Crippen LogP contribution in [-0.2, 0) is 23.9 Å². The molecule has 0 rings (SSSR count). The molecule has 1 atom stereocenters. The fourth-order valence-corrected chi connectivity index (χ4v) is 1.16. The van der Waals surface area contributed by atoms with Gasteiger partial charge in [-0.2, -0.15) is 0 Å². The second-order valence-corrected chi connectivity index (χ2v) is 3.31. The highest BCUT2D eigenvalue weighted by atomic mass is 16.5. The van der Waals surface area contributed by atoms with E-state index in [9.17, 15) is 14.4 Å². The Labute approximate surface area is 101 Å². The molecule has 0 saturated carbocycles. The van der Waals surface area contributed by atoms with Gasteiger partial charge in [0, 0.05) is 6.08 Å². The average molecular weight is 242 g/mol. The molecule has 0 spiro atoms. The fraction of sp³-hybridized carbons (Fsp3) is 0.583. The van der Waals surface area contributed by atoms with E-state index in [1.165, 1.54) is 19.1 Å². The number of hydrogen-bond acceptors (Lipinski definition) is 5. The molecule has 17 heavy (non-hydrogen) atoms. The van der Waals surface area contributed by atoms with Gasteiger partial charge in [0.1, 0.15) is 11.7 Å². The molecule has 0 aliphatic carbocycles. The number of esters is 2. The van der Waals surface area contributed by atoms with Gasteiger partial charge >= 0.3 is 11.9 Å². The SMILES string of the molecule is CCOC(=O)/C=C/CC(C(C)=O)C(=O)OCC. The normalized spacial score (nSPS) is 12.2. The molecular weight excluding hydrogens is 224 g/mol. The Kier molecular flexibility index (Phi) is 7.67. The van der Waals surface area contributed by atoms with Gasteiger partial charge in [-0.3, -0.25) is 9.59 Å². The second kappa shape index (κ2) is 8.50. The van der Waals surface area contributed by atoms with E-state index in [4.69, 9.17) is 4.74 Å². The zero-order chi connectivity index (χ0) is 13.3. The summed E-state index contributed by atoms with van der Waals surface area (Å²) in [4.78, 5) is 33.6. The minimum absolute atomic E-state index is 0.146. The predicted octanol–water partition coefficient (Wildman–Crippen LogP) is 1.26. The predicted molar refractivity (Wildman–Crippen MR) is 61.2 cm³/mol. The summed E-state index contributed by atoms with van der Waals surface area (Å²) < 4.78 is 9.43. The van der Waals surface area contributed by atoms with Gasteiger partial charge in [-0.15, -0.1) is 0 Å².